The number of aryl methyl sites for hydroxylation is 1. The summed E-state index contributed by atoms with van der Waals surface area (Å²) in [6.45, 7) is 10.3. The minimum Gasteiger partial charge on any atom is -0.464 e. The summed E-state index contributed by atoms with van der Waals surface area (Å²) in [4.78, 5) is 55.0. The van der Waals surface area contributed by atoms with Gasteiger partial charge in [0.2, 0.25) is 5.91 Å². The molecule has 0 spiro atoms. The molecule has 1 aromatic heterocycles. The Labute approximate surface area is 243 Å². The summed E-state index contributed by atoms with van der Waals surface area (Å²) >= 11 is 2.26. The van der Waals surface area contributed by atoms with Crippen LogP contribution in [-0.4, -0.2) is 59.7 Å². The highest BCUT2D eigenvalue weighted by Gasteiger charge is 2.44. The minimum atomic E-state index is -0.842. The van der Waals surface area contributed by atoms with E-state index in [1.54, 1.807) is 18.0 Å². The van der Waals surface area contributed by atoms with Crippen molar-refractivity contribution in [3.05, 3.63) is 43.9 Å². The van der Waals surface area contributed by atoms with Crippen molar-refractivity contribution in [2.24, 2.45) is 11.3 Å². The van der Waals surface area contributed by atoms with E-state index >= 15 is 0 Å². The fraction of sp³-hybridized carbons (Fsp3) is 0.586. The van der Waals surface area contributed by atoms with Gasteiger partial charge in [0.25, 0.3) is 5.56 Å². The van der Waals surface area contributed by atoms with Gasteiger partial charge >= 0.3 is 12.1 Å². The molecule has 2 amide bonds. The van der Waals surface area contributed by atoms with Gasteiger partial charge in [0.1, 0.15) is 12.1 Å². The molecule has 10 heteroatoms. The lowest BCUT2D eigenvalue weighted by Crippen LogP contribution is -2.57. The molecule has 1 aliphatic rings. The van der Waals surface area contributed by atoms with E-state index in [1.807, 2.05) is 39.8 Å². The SMILES string of the molecule is CCOC(=O)[C@@H]1C[C@@H](C)CN1C(=O)[C@@H](NC(=O)OCCCCCc1cc(I)c2cc[nH]c(=O)c2c1)C(C)(C)C. The van der Waals surface area contributed by atoms with Crippen LogP contribution >= 0.6 is 22.6 Å². The number of aromatic nitrogens is 1. The van der Waals surface area contributed by atoms with Crippen molar-refractivity contribution in [1.82, 2.24) is 15.2 Å². The maximum atomic E-state index is 13.5. The Morgan fingerprint density at radius 3 is 2.59 bits per heavy atom. The minimum absolute atomic E-state index is 0.0885. The quantitative estimate of drug-likeness (QED) is 0.217. The lowest BCUT2D eigenvalue weighted by molar-refractivity contribution is -0.154. The molecule has 214 valence electrons. The lowest BCUT2D eigenvalue weighted by Gasteiger charge is -2.34. The zero-order chi connectivity index (χ0) is 28.7. The number of amides is 2. The second kappa shape index (κ2) is 13.6. The van der Waals surface area contributed by atoms with Crippen molar-refractivity contribution < 1.29 is 23.9 Å². The predicted molar refractivity (Wildman–Crippen MR) is 158 cm³/mol. The smallest absolute Gasteiger partial charge is 0.407 e. The number of carbonyl (C=O) groups excluding carboxylic acids is 3. The van der Waals surface area contributed by atoms with Crippen molar-refractivity contribution in [2.75, 3.05) is 19.8 Å². The topological polar surface area (TPSA) is 118 Å². The van der Waals surface area contributed by atoms with Gasteiger partial charge in [0.05, 0.1) is 13.2 Å². The maximum absolute atomic E-state index is 13.5. The molecule has 0 unspecified atom stereocenters. The molecule has 1 aliphatic heterocycles. The summed E-state index contributed by atoms with van der Waals surface area (Å²) in [5.41, 5.74) is 0.431. The molecule has 2 N–H and O–H groups in total. The molecule has 9 nitrogen and oxygen atoms in total. The van der Waals surface area contributed by atoms with E-state index in [9.17, 15) is 19.2 Å². The number of likely N-dealkylation sites (tertiary alicyclic amines) is 1. The number of esters is 1. The van der Waals surface area contributed by atoms with E-state index in [4.69, 9.17) is 9.47 Å². The van der Waals surface area contributed by atoms with Crippen LogP contribution < -0.4 is 10.9 Å². The summed E-state index contributed by atoms with van der Waals surface area (Å²) in [5.74, 6) is -0.545. The molecule has 0 aliphatic carbocycles. The number of carbonyl (C=O) groups is 3. The fourth-order valence-electron chi connectivity index (χ4n) is 4.95. The number of pyridine rings is 1. The Morgan fingerprint density at radius 1 is 1.15 bits per heavy atom. The van der Waals surface area contributed by atoms with Gasteiger partial charge in [-0.25, -0.2) is 9.59 Å². The maximum Gasteiger partial charge on any atom is 0.407 e. The van der Waals surface area contributed by atoms with Gasteiger partial charge in [0, 0.05) is 27.1 Å². The van der Waals surface area contributed by atoms with Crippen LogP contribution in [0.1, 0.15) is 65.9 Å². The number of alkyl carbamates (subject to hydrolysis) is 1. The van der Waals surface area contributed by atoms with Crippen molar-refractivity contribution in [3.63, 3.8) is 0 Å². The molecule has 0 bridgehead atoms. The summed E-state index contributed by atoms with van der Waals surface area (Å²) < 4.78 is 11.6. The van der Waals surface area contributed by atoms with E-state index in [-0.39, 0.29) is 30.6 Å². The Morgan fingerprint density at radius 2 is 1.90 bits per heavy atom. The van der Waals surface area contributed by atoms with Crippen molar-refractivity contribution in [1.29, 1.82) is 0 Å². The van der Waals surface area contributed by atoms with Crippen LogP contribution in [-0.2, 0) is 25.5 Å². The van der Waals surface area contributed by atoms with Gasteiger partial charge in [0.15, 0.2) is 0 Å². The van der Waals surface area contributed by atoms with Gasteiger partial charge < -0.3 is 24.7 Å². The van der Waals surface area contributed by atoms with Gasteiger partial charge in [-0.2, -0.15) is 0 Å². The van der Waals surface area contributed by atoms with Crippen LogP contribution in [0.4, 0.5) is 4.79 Å². The number of benzene rings is 1. The zero-order valence-electron chi connectivity index (χ0n) is 23.5. The first-order valence-corrected chi connectivity index (χ1v) is 14.7. The third kappa shape index (κ3) is 8.18. The van der Waals surface area contributed by atoms with Crippen LogP contribution in [0.25, 0.3) is 10.8 Å². The number of rotatable bonds is 10. The molecule has 0 radical (unpaired) electrons. The van der Waals surface area contributed by atoms with Gasteiger partial charge in [-0.1, -0.05) is 27.7 Å². The third-order valence-corrected chi connectivity index (χ3v) is 7.86. The van der Waals surface area contributed by atoms with Crippen molar-refractivity contribution in [2.45, 2.75) is 78.8 Å². The first-order valence-electron chi connectivity index (χ1n) is 13.6. The van der Waals surface area contributed by atoms with Gasteiger partial charge in [-0.15, -0.1) is 0 Å². The molecule has 1 saturated heterocycles. The number of unbranched alkanes of at least 4 members (excludes halogenated alkanes) is 2. The van der Waals surface area contributed by atoms with Crippen LogP contribution in [0.2, 0.25) is 0 Å². The second-order valence-electron chi connectivity index (χ2n) is 11.3. The average molecular weight is 654 g/mol. The Bertz CT molecular complexity index is 1240. The van der Waals surface area contributed by atoms with Crippen LogP contribution in [0.15, 0.2) is 29.2 Å². The number of hydrogen-bond acceptors (Lipinski definition) is 6. The predicted octanol–water partition coefficient (Wildman–Crippen LogP) is 4.79. The third-order valence-electron chi connectivity index (χ3n) is 6.97. The van der Waals surface area contributed by atoms with Crippen molar-refractivity contribution in [3.8, 4) is 0 Å². The van der Waals surface area contributed by atoms with E-state index < -0.39 is 29.6 Å². The highest BCUT2D eigenvalue weighted by Crippen LogP contribution is 2.29. The molecular weight excluding hydrogens is 613 g/mol. The van der Waals surface area contributed by atoms with E-state index in [2.05, 4.69) is 39.0 Å². The summed E-state index contributed by atoms with van der Waals surface area (Å²) in [7, 11) is 0. The summed E-state index contributed by atoms with van der Waals surface area (Å²) in [6, 6.07) is 4.47. The first-order chi connectivity index (χ1) is 18.4. The number of ether oxygens (including phenoxy) is 2. The number of nitrogens with one attached hydrogen (secondary N) is 2. The van der Waals surface area contributed by atoms with Gasteiger partial charge in [-0.3, -0.25) is 9.59 Å². The molecule has 1 aromatic carbocycles. The van der Waals surface area contributed by atoms with Gasteiger partial charge in [-0.05, 0) is 96.7 Å². The fourth-order valence-corrected chi connectivity index (χ4v) is 5.82. The number of aromatic amines is 1. The highest BCUT2D eigenvalue weighted by atomic mass is 127. The van der Waals surface area contributed by atoms with Crippen LogP contribution in [0.5, 0.6) is 0 Å². The average Bonchev–Trinajstić information content (AvgIpc) is 3.26. The number of hydrogen-bond donors (Lipinski definition) is 2. The number of fused-ring (bicyclic) bond motifs is 1. The largest absolute Gasteiger partial charge is 0.464 e. The molecule has 39 heavy (non-hydrogen) atoms. The molecule has 3 rings (SSSR count). The summed E-state index contributed by atoms with van der Waals surface area (Å²) in [5, 5.41) is 4.39. The second-order valence-corrected chi connectivity index (χ2v) is 12.5. The lowest BCUT2D eigenvalue weighted by atomic mass is 9.85. The molecule has 0 saturated carbocycles. The molecule has 3 atom stereocenters. The monoisotopic (exact) mass is 653 g/mol. The Kier molecular flexibility index (Phi) is 10.8. The first kappa shape index (κ1) is 30.9. The van der Waals surface area contributed by atoms with Crippen LogP contribution in [0, 0.1) is 14.9 Å². The number of H-pyrrole nitrogens is 1. The number of nitrogens with zero attached hydrogens (tertiary/aromatic N) is 1. The Hall–Kier alpha value is -2.63. The molecule has 2 aromatic rings. The molecule has 1 fully saturated rings. The Balaban J connectivity index is 1.49. The molecule has 2 heterocycles. The summed E-state index contributed by atoms with van der Waals surface area (Å²) in [6.07, 6.45) is 4.80. The zero-order valence-corrected chi connectivity index (χ0v) is 25.6. The van der Waals surface area contributed by atoms with E-state index in [0.29, 0.717) is 24.8 Å². The van der Waals surface area contributed by atoms with Crippen molar-refractivity contribution >= 4 is 51.3 Å². The number of halogens is 1. The van der Waals surface area contributed by atoms with E-state index in [0.717, 1.165) is 33.8 Å². The molecular formula is C29H40IN3O6. The standard InChI is InChI=1S/C29H40IN3O6/c1-6-38-27(36)23-14-18(2)17-33(23)26(35)24(29(3,4)5)32-28(37)39-13-9-7-8-10-19-15-21-20(22(30)16-19)11-12-31-25(21)34/h11-12,15-16,18,23-24H,6-10,13-14,17H2,1-5H3,(H,31,34)(H,32,37)/t18-,23+,24-/m1/s1. The normalized spacial score (nSPS) is 18.2. The van der Waals surface area contributed by atoms with Crippen LogP contribution in [0.3, 0.4) is 0 Å². The highest BCUT2D eigenvalue weighted by molar-refractivity contribution is 14.1. The van der Waals surface area contributed by atoms with E-state index in [1.165, 1.54) is 0 Å².